The zero-order valence-corrected chi connectivity index (χ0v) is 19.2. The molecule has 0 atom stereocenters. The minimum absolute atomic E-state index is 0.202. The highest BCUT2D eigenvalue weighted by Crippen LogP contribution is 2.25. The monoisotopic (exact) mass is 465 g/mol. The van der Waals surface area contributed by atoms with Gasteiger partial charge in [-0.25, -0.2) is 13.4 Å². The topological polar surface area (TPSA) is 102 Å². The minimum atomic E-state index is -3.68. The first-order valence-electron chi connectivity index (χ1n) is 10.2. The molecule has 0 bridgehead atoms. The first kappa shape index (κ1) is 22.3. The zero-order valence-electron chi connectivity index (χ0n) is 18.4. The zero-order chi connectivity index (χ0) is 23.6. The number of amides is 1. The number of carbonyl (C=O) groups is 1. The van der Waals surface area contributed by atoms with Gasteiger partial charge < -0.3 is 14.5 Å². The standard InChI is InChI=1S/C24H23N3O5S/c1-16-4-11-21(12-5-16)33(29,30)27(3)19-7-9-20(10-8-19)31-15-24(28)26-18-6-13-23-22(14-18)25-17(2)32-23/h4-14H,15H2,1-3H3,(H,26,28). The maximum atomic E-state index is 12.8. The van der Waals surface area contributed by atoms with Gasteiger partial charge in [-0.05, 0) is 61.5 Å². The van der Waals surface area contributed by atoms with Gasteiger partial charge in [0.05, 0.1) is 10.6 Å². The van der Waals surface area contributed by atoms with Gasteiger partial charge in [-0.15, -0.1) is 0 Å². The Labute approximate surface area is 191 Å². The van der Waals surface area contributed by atoms with Gasteiger partial charge in [0.1, 0.15) is 11.3 Å². The molecule has 8 nitrogen and oxygen atoms in total. The molecule has 170 valence electrons. The number of fused-ring (bicyclic) bond motifs is 1. The van der Waals surface area contributed by atoms with E-state index in [1.165, 1.54) is 11.4 Å². The third-order valence-electron chi connectivity index (χ3n) is 5.03. The van der Waals surface area contributed by atoms with E-state index in [1.807, 2.05) is 6.92 Å². The lowest BCUT2D eigenvalue weighted by Crippen LogP contribution is -2.26. The molecule has 0 aliphatic carbocycles. The van der Waals surface area contributed by atoms with Crippen LogP contribution in [-0.2, 0) is 14.8 Å². The number of rotatable bonds is 7. The van der Waals surface area contributed by atoms with Crippen LogP contribution in [0.5, 0.6) is 5.75 Å². The number of benzene rings is 3. The Kier molecular flexibility index (Phi) is 6.06. The fourth-order valence-electron chi connectivity index (χ4n) is 3.23. The van der Waals surface area contributed by atoms with E-state index in [0.29, 0.717) is 34.1 Å². The third kappa shape index (κ3) is 4.98. The number of hydrogen-bond donors (Lipinski definition) is 1. The van der Waals surface area contributed by atoms with E-state index >= 15 is 0 Å². The normalized spacial score (nSPS) is 11.4. The second-order valence-electron chi connectivity index (χ2n) is 7.53. The predicted octanol–water partition coefficient (Wildman–Crippen LogP) is 4.29. The van der Waals surface area contributed by atoms with Gasteiger partial charge in [0.2, 0.25) is 0 Å². The summed E-state index contributed by atoms with van der Waals surface area (Å²) in [5.41, 5.74) is 3.35. The summed E-state index contributed by atoms with van der Waals surface area (Å²) in [6.07, 6.45) is 0. The second kappa shape index (κ2) is 8.95. The summed E-state index contributed by atoms with van der Waals surface area (Å²) in [6.45, 7) is 3.45. The van der Waals surface area contributed by atoms with Crippen LogP contribution < -0.4 is 14.4 Å². The minimum Gasteiger partial charge on any atom is -0.484 e. The van der Waals surface area contributed by atoms with Crippen molar-refractivity contribution in [3.8, 4) is 5.75 Å². The lowest BCUT2D eigenvalue weighted by molar-refractivity contribution is -0.118. The van der Waals surface area contributed by atoms with Crippen molar-refractivity contribution in [3.05, 3.63) is 78.2 Å². The average molecular weight is 466 g/mol. The van der Waals surface area contributed by atoms with Crippen molar-refractivity contribution in [2.45, 2.75) is 18.7 Å². The fourth-order valence-corrected chi connectivity index (χ4v) is 4.42. The van der Waals surface area contributed by atoms with E-state index in [2.05, 4.69) is 10.3 Å². The summed E-state index contributed by atoms with van der Waals surface area (Å²) in [6, 6.07) is 18.4. The molecule has 4 aromatic rings. The number of carbonyl (C=O) groups excluding carboxylic acids is 1. The van der Waals surface area contributed by atoms with Crippen LogP contribution in [0.2, 0.25) is 0 Å². The van der Waals surface area contributed by atoms with Gasteiger partial charge in [-0.1, -0.05) is 17.7 Å². The van der Waals surface area contributed by atoms with Crippen LogP contribution in [0, 0.1) is 13.8 Å². The Bertz CT molecular complexity index is 1390. The number of nitrogens with one attached hydrogen (secondary N) is 1. The lowest BCUT2D eigenvalue weighted by Gasteiger charge is -2.20. The maximum absolute atomic E-state index is 12.8. The first-order chi connectivity index (χ1) is 15.7. The summed E-state index contributed by atoms with van der Waals surface area (Å²) in [7, 11) is -2.19. The lowest BCUT2D eigenvalue weighted by atomic mass is 10.2. The molecular formula is C24H23N3O5S. The van der Waals surface area contributed by atoms with Crippen LogP contribution in [0.15, 0.2) is 76.0 Å². The predicted molar refractivity (Wildman–Crippen MR) is 126 cm³/mol. The number of nitrogens with zero attached hydrogens (tertiary/aromatic N) is 2. The van der Waals surface area contributed by atoms with Crippen LogP contribution in [0.1, 0.15) is 11.5 Å². The van der Waals surface area contributed by atoms with Crippen molar-refractivity contribution in [1.82, 2.24) is 4.98 Å². The Morgan fingerprint density at radius 2 is 1.73 bits per heavy atom. The molecule has 4 rings (SSSR count). The van der Waals surface area contributed by atoms with E-state index in [9.17, 15) is 13.2 Å². The van der Waals surface area contributed by atoms with Crippen LogP contribution in [0.25, 0.3) is 11.1 Å². The van der Waals surface area contributed by atoms with Crippen molar-refractivity contribution >= 4 is 38.4 Å². The van der Waals surface area contributed by atoms with E-state index in [0.717, 1.165) is 5.56 Å². The molecule has 1 N–H and O–H groups in total. The van der Waals surface area contributed by atoms with Crippen LogP contribution in [0.4, 0.5) is 11.4 Å². The van der Waals surface area contributed by atoms with E-state index in [4.69, 9.17) is 9.15 Å². The Morgan fingerprint density at radius 3 is 2.42 bits per heavy atom. The van der Waals surface area contributed by atoms with Crippen molar-refractivity contribution in [1.29, 1.82) is 0 Å². The average Bonchev–Trinajstić information content (AvgIpc) is 3.17. The van der Waals surface area contributed by atoms with Gasteiger partial charge in [0.15, 0.2) is 18.1 Å². The summed E-state index contributed by atoms with van der Waals surface area (Å²) in [4.78, 5) is 16.7. The maximum Gasteiger partial charge on any atom is 0.264 e. The Morgan fingerprint density at radius 1 is 1.03 bits per heavy atom. The highest BCUT2D eigenvalue weighted by Gasteiger charge is 2.21. The summed E-state index contributed by atoms with van der Waals surface area (Å²) < 4.78 is 37.8. The molecule has 3 aromatic carbocycles. The molecule has 9 heteroatoms. The molecule has 0 aliphatic heterocycles. The summed E-state index contributed by atoms with van der Waals surface area (Å²) in [5.74, 6) is 0.660. The molecule has 33 heavy (non-hydrogen) atoms. The highest BCUT2D eigenvalue weighted by molar-refractivity contribution is 7.92. The number of anilines is 2. The molecule has 0 unspecified atom stereocenters. The van der Waals surface area contributed by atoms with E-state index < -0.39 is 10.0 Å². The SMILES string of the molecule is Cc1ccc(S(=O)(=O)N(C)c2ccc(OCC(=O)Nc3ccc4oc(C)nc4c3)cc2)cc1. The van der Waals surface area contributed by atoms with Gasteiger partial charge in [0.25, 0.3) is 15.9 Å². The van der Waals surface area contributed by atoms with E-state index in [-0.39, 0.29) is 17.4 Å². The van der Waals surface area contributed by atoms with Crippen molar-refractivity contribution in [2.75, 3.05) is 23.3 Å². The summed E-state index contributed by atoms with van der Waals surface area (Å²) in [5, 5.41) is 2.75. The number of ether oxygens (including phenoxy) is 1. The second-order valence-corrected chi connectivity index (χ2v) is 9.50. The molecule has 1 aromatic heterocycles. The van der Waals surface area contributed by atoms with Crippen molar-refractivity contribution in [2.24, 2.45) is 0 Å². The molecule has 1 amide bonds. The molecule has 0 saturated carbocycles. The number of oxazole rings is 1. The number of aromatic nitrogens is 1. The fraction of sp³-hybridized carbons (Fsp3) is 0.167. The Balaban J connectivity index is 1.36. The smallest absolute Gasteiger partial charge is 0.264 e. The molecular weight excluding hydrogens is 442 g/mol. The molecule has 1 heterocycles. The third-order valence-corrected chi connectivity index (χ3v) is 6.83. The molecule has 0 saturated heterocycles. The molecule has 0 spiro atoms. The first-order valence-corrected chi connectivity index (χ1v) is 11.6. The van der Waals surface area contributed by atoms with Crippen LogP contribution in [-0.4, -0.2) is 33.0 Å². The number of sulfonamides is 1. The van der Waals surface area contributed by atoms with E-state index in [1.54, 1.807) is 73.7 Å². The van der Waals surface area contributed by atoms with Crippen LogP contribution in [0.3, 0.4) is 0 Å². The molecule has 0 aliphatic rings. The number of aryl methyl sites for hydroxylation is 2. The quantitative estimate of drug-likeness (QED) is 0.437. The van der Waals surface area contributed by atoms with Gasteiger partial charge in [-0.2, -0.15) is 0 Å². The molecule has 0 radical (unpaired) electrons. The molecule has 0 fully saturated rings. The van der Waals surface area contributed by atoms with Gasteiger partial charge in [-0.3, -0.25) is 9.10 Å². The van der Waals surface area contributed by atoms with Gasteiger partial charge >= 0.3 is 0 Å². The van der Waals surface area contributed by atoms with Crippen LogP contribution >= 0.6 is 0 Å². The Hall–Kier alpha value is -3.85. The number of hydrogen-bond acceptors (Lipinski definition) is 6. The summed E-state index contributed by atoms with van der Waals surface area (Å²) >= 11 is 0. The van der Waals surface area contributed by atoms with Crippen molar-refractivity contribution < 1.29 is 22.4 Å². The highest BCUT2D eigenvalue weighted by atomic mass is 32.2. The van der Waals surface area contributed by atoms with Gasteiger partial charge in [0, 0.05) is 19.7 Å². The van der Waals surface area contributed by atoms with Crippen molar-refractivity contribution in [3.63, 3.8) is 0 Å². The largest absolute Gasteiger partial charge is 0.484 e.